The summed E-state index contributed by atoms with van der Waals surface area (Å²) in [5, 5.41) is 0. The second kappa shape index (κ2) is 7.31. The van der Waals surface area contributed by atoms with Crippen molar-refractivity contribution in [3.8, 4) is 0 Å². The first-order valence-corrected chi connectivity index (χ1v) is 14.8. The van der Waals surface area contributed by atoms with Gasteiger partial charge in [-0.15, -0.1) is 0 Å². The zero-order valence-corrected chi connectivity index (χ0v) is 17.4. The molecule has 0 radical (unpaired) electrons. The van der Waals surface area contributed by atoms with Crippen molar-refractivity contribution < 1.29 is 23.5 Å². The van der Waals surface area contributed by atoms with Gasteiger partial charge in [0, 0.05) is 12.2 Å². The van der Waals surface area contributed by atoms with Crippen LogP contribution in [0.25, 0.3) is 0 Å². The third-order valence-corrected chi connectivity index (χ3v) is 22.4. The maximum absolute atomic E-state index is 12.0. The van der Waals surface area contributed by atoms with E-state index in [1.807, 2.05) is 6.92 Å². The van der Waals surface area contributed by atoms with E-state index in [0.29, 0.717) is 0 Å². The molecule has 7 heteroatoms. The molecule has 132 valence electrons. The lowest BCUT2D eigenvalue weighted by Gasteiger charge is -2.53. The minimum absolute atomic E-state index is 0.0879. The quantitative estimate of drug-likeness (QED) is 0.429. The summed E-state index contributed by atoms with van der Waals surface area (Å²) in [5.74, 6) is -1.04. The van der Waals surface area contributed by atoms with Crippen LogP contribution in [0.15, 0.2) is 12.2 Å². The molecule has 5 nitrogen and oxygen atoms in total. The molecule has 1 saturated heterocycles. The molecule has 0 spiro atoms. The molecule has 0 bridgehead atoms. The van der Waals surface area contributed by atoms with E-state index < -0.39 is 27.4 Å². The van der Waals surface area contributed by atoms with E-state index in [4.69, 9.17) is 9.16 Å². The highest BCUT2D eigenvalue weighted by Crippen LogP contribution is 2.41. The molecular weight excluding hydrogens is 328 g/mol. The molecule has 0 aliphatic carbocycles. The second-order valence-corrected chi connectivity index (χ2v) is 21.7. The molecule has 0 amide bonds. The Hall–Kier alpha value is -0.926. The molecule has 1 aliphatic heterocycles. The number of rotatable bonds is 5. The Morgan fingerprint density at radius 1 is 1.22 bits per heavy atom. The van der Waals surface area contributed by atoms with E-state index in [2.05, 4.69) is 38.2 Å². The summed E-state index contributed by atoms with van der Waals surface area (Å²) in [6.45, 7) is 13.1. The molecule has 2 unspecified atom stereocenters. The van der Waals surface area contributed by atoms with Gasteiger partial charge in [0.1, 0.15) is 7.59 Å². The van der Waals surface area contributed by atoms with Gasteiger partial charge in [0.25, 0.3) is 0 Å². The van der Waals surface area contributed by atoms with Crippen molar-refractivity contribution in [3.05, 3.63) is 12.2 Å². The number of hydrogen-bond donors (Lipinski definition) is 0. The van der Waals surface area contributed by atoms with Crippen molar-refractivity contribution in [2.24, 2.45) is 0 Å². The molecule has 1 aliphatic rings. The summed E-state index contributed by atoms with van der Waals surface area (Å²) in [5.41, 5.74) is -0.176. The van der Waals surface area contributed by atoms with Crippen LogP contribution in [0, 0.1) is 0 Å². The van der Waals surface area contributed by atoms with Crippen LogP contribution >= 0.6 is 0 Å². The van der Waals surface area contributed by atoms with E-state index in [1.165, 1.54) is 7.11 Å². The second-order valence-electron chi connectivity index (χ2n) is 7.48. The molecule has 2 atom stereocenters. The molecule has 1 heterocycles. The lowest BCUT2D eigenvalue weighted by Crippen LogP contribution is -2.71. The highest BCUT2D eigenvalue weighted by atomic mass is 29.3. The smallest absolute Gasteiger partial charge is 0.330 e. The van der Waals surface area contributed by atoms with Gasteiger partial charge in [-0.05, 0) is 39.8 Å². The molecular formula is C16H30O5Si2. The Morgan fingerprint density at radius 3 is 2.26 bits per heavy atom. The molecule has 0 saturated carbocycles. The Bertz CT molecular complexity index is 487. The van der Waals surface area contributed by atoms with E-state index in [-0.39, 0.29) is 11.3 Å². The van der Waals surface area contributed by atoms with Gasteiger partial charge in [-0.25, -0.2) is 9.59 Å². The fourth-order valence-corrected chi connectivity index (χ4v) is 16.0. The third-order valence-electron chi connectivity index (χ3n) is 5.05. The van der Waals surface area contributed by atoms with Crippen LogP contribution in [0.4, 0.5) is 0 Å². The maximum Gasteiger partial charge on any atom is 0.330 e. The molecule has 1 fully saturated rings. The van der Waals surface area contributed by atoms with Gasteiger partial charge in [0.05, 0.1) is 18.4 Å². The highest BCUT2D eigenvalue weighted by Gasteiger charge is 2.58. The fourth-order valence-electron chi connectivity index (χ4n) is 3.32. The predicted octanol–water partition coefficient (Wildman–Crippen LogP) is 3.14. The molecule has 1 rings (SSSR count). The van der Waals surface area contributed by atoms with Gasteiger partial charge in [0.15, 0.2) is 7.83 Å². The van der Waals surface area contributed by atoms with Gasteiger partial charge in [-0.2, -0.15) is 0 Å². The lowest BCUT2D eigenvalue weighted by molar-refractivity contribution is -0.141. The summed E-state index contributed by atoms with van der Waals surface area (Å²) in [4.78, 5) is 23.1. The van der Waals surface area contributed by atoms with Crippen LogP contribution in [-0.2, 0) is 23.5 Å². The zero-order valence-electron chi connectivity index (χ0n) is 15.4. The number of ether oxygens (including phenoxy) is 2. The van der Waals surface area contributed by atoms with Gasteiger partial charge < -0.3 is 13.9 Å². The SMILES string of the molecule is CCC(OC(=O)C=CC(=O)OC)[Si]1(C)CCC(C)(C)O[Si]1(C)C. The van der Waals surface area contributed by atoms with Crippen LogP contribution in [0.5, 0.6) is 0 Å². The molecule has 0 aromatic heterocycles. The highest BCUT2D eigenvalue weighted by molar-refractivity contribution is 7.39. The average Bonchev–Trinajstić information content (AvgIpc) is 2.45. The Morgan fingerprint density at radius 2 is 1.78 bits per heavy atom. The van der Waals surface area contributed by atoms with Gasteiger partial charge in [-0.1, -0.05) is 19.5 Å². The van der Waals surface area contributed by atoms with Crippen LogP contribution < -0.4 is 0 Å². The fraction of sp³-hybridized carbons (Fsp3) is 0.750. The minimum Gasteiger partial charge on any atom is -0.466 e. The number of hydrogen-bond acceptors (Lipinski definition) is 5. The van der Waals surface area contributed by atoms with E-state index >= 15 is 0 Å². The predicted molar refractivity (Wildman–Crippen MR) is 95.0 cm³/mol. The first-order valence-electron chi connectivity index (χ1n) is 8.14. The topological polar surface area (TPSA) is 61.8 Å². The third kappa shape index (κ3) is 4.77. The van der Waals surface area contributed by atoms with Crippen LogP contribution in [-0.4, -0.2) is 45.8 Å². The van der Waals surface area contributed by atoms with Crippen LogP contribution in [0.1, 0.15) is 33.6 Å². The van der Waals surface area contributed by atoms with Crippen molar-refractivity contribution in [3.63, 3.8) is 0 Å². The minimum atomic E-state index is -1.94. The molecule has 0 aromatic carbocycles. The number of carbonyl (C=O) groups is 2. The van der Waals surface area contributed by atoms with E-state index in [0.717, 1.165) is 31.0 Å². The normalized spacial score (nSPS) is 27.4. The van der Waals surface area contributed by atoms with Crippen molar-refractivity contribution in [2.75, 3.05) is 7.11 Å². The first-order chi connectivity index (χ1) is 10.5. The van der Waals surface area contributed by atoms with Crippen molar-refractivity contribution in [2.45, 2.75) is 70.6 Å². The molecule has 0 N–H and O–H groups in total. The Kier molecular flexibility index (Phi) is 6.40. The molecule has 23 heavy (non-hydrogen) atoms. The Labute approximate surface area is 141 Å². The zero-order chi connectivity index (χ0) is 17.9. The van der Waals surface area contributed by atoms with E-state index in [1.54, 1.807) is 0 Å². The Balaban J connectivity index is 2.89. The molecule has 0 aromatic rings. The summed E-state index contributed by atoms with van der Waals surface area (Å²) >= 11 is 0. The summed E-state index contributed by atoms with van der Waals surface area (Å²) in [6.07, 6.45) is 4.02. The van der Waals surface area contributed by atoms with Crippen molar-refractivity contribution in [1.29, 1.82) is 0 Å². The van der Waals surface area contributed by atoms with Crippen LogP contribution in [0.3, 0.4) is 0 Å². The summed E-state index contributed by atoms with van der Waals surface area (Å²) in [6, 6.07) is 1.10. The van der Waals surface area contributed by atoms with Gasteiger partial charge in [-0.3, -0.25) is 0 Å². The van der Waals surface area contributed by atoms with E-state index in [9.17, 15) is 9.59 Å². The number of methoxy groups -OCH3 is 1. The van der Waals surface area contributed by atoms with Gasteiger partial charge >= 0.3 is 11.9 Å². The van der Waals surface area contributed by atoms with Crippen LogP contribution in [0.2, 0.25) is 25.7 Å². The largest absolute Gasteiger partial charge is 0.466 e. The van der Waals surface area contributed by atoms with Gasteiger partial charge in [0.2, 0.25) is 0 Å². The average molecular weight is 359 g/mol. The first kappa shape index (κ1) is 20.1. The standard InChI is InChI=1S/C16H30O5Si2/c1-8-15(20-14(18)10-9-13(17)19-4)23(7)12-11-16(2,3)21-22(23,5)6/h9-10,15H,8,11-12H2,1-7H3. The summed E-state index contributed by atoms with van der Waals surface area (Å²) < 4.78 is 16.7. The monoisotopic (exact) mass is 358 g/mol. The lowest BCUT2D eigenvalue weighted by atomic mass is 10.1. The number of esters is 2. The number of carbonyl (C=O) groups excluding carboxylic acids is 2. The summed E-state index contributed by atoms with van der Waals surface area (Å²) in [7, 11) is -2.55. The maximum atomic E-state index is 12.0. The van der Waals surface area contributed by atoms with Crippen molar-refractivity contribution >= 4 is 27.4 Å². The van der Waals surface area contributed by atoms with Crippen molar-refractivity contribution in [1.82, 2.24) is 0 Å².